The van der Waals surface area contributed by atoms with E-state index in [1.54, 1.807) is 35.2 Å². The SMILES string of the molecule is O=C1S/C(=C\c2ccc(Sc3ccc(Cl)cc3)s2)C(=O)N1Cc1ccccc1Cl. The van der Waals surface area contributed by atoms with Crippen LogP contribution in [-0.4, -0.2) is 16.0 Å². The van der Waals surface area contributed by atoms with E-state index in [4.69, 9.17) is 23.2 Å². The summed E-state index contributed by atoms with van der Waals surface area (Å²) in [5, 5.41) is 0.958. The summed E-state index contributed by atoms with van der Waals surface area (Å²) < 4.78 is 1.09. The predicted octanol–water partition coefficient (Wildman–Crippen LogP) is 7.44. The van der Waals surface area contributed by atoms with Crippen molar-refractivity contribution in [2.75, 3.05) is 0 Å². The third-order valence-electron chi connectivity index (χ3n) is 4.07. The van der Waals surface area contributed by atoms with Crippen LogP contribution in [0, 0.1) is 0 Å². The highest BCUT2D eigenvalue weighted by atomic mass is 35.5. The van der Waals surface area contributed by atoms with Crippen LogP contribution in [0.4, 0.5) is 4.79 Å². The van der Waals surface area contributed by atoms with E-state index in [1.807, 2.05) is 54.6 Å². The van der Waals surface area contributed by atoms with Crippen LogP contribution in [-0.2, 0) is 11.3 Å². The molecule has 3 nitrogen and oxygen atoms in total. The first-order valence-corrected chi connectivity index (χ1v) is 11.7. The van der Waals surface area contributed by atoms with Gasteiger partial charge in [-0.1, -0.05) is 53.2 Å². The second kappa shape index (κ2) is 8.98. The van der Waals surface area contributed by atoms with Crippen molar-refractivity contribution in [1.82, 2.24) is 4.90 Å². The Morgan fingerprint density at radius 2 is 1.72 bits per heavy atom. The molecule has 29 heavy (non-hydrogen) atoms. The summed E-state index contributed by atoms with van der Waals surface area (Å²) in [7, 11) is 0. The van der Waals surface area contributed by atoms with Crippen molar-refractivity contribution in [3.63, 3.8) is 0 Å². The molecular weight excluding hydrogens is 465 g/mol. The number of halogens is 2. The van der Waals surface area contributed by atoms with Gasteiger partial charge in [-0.3, -0.25) is 14.5 Å². The number of benzene rings is 2. The highest BCUT2D eigenvalue weighted by Gasteiger charge is 2.35. The molecule has 2 aromatic carbocycles. The summed E-state index contributed by atoms with van der Waals surface area (Å²) in [4.78, 5) is 28.7. The molecule has 1 aliphatic heterocycles. The standard InChI is InChI=1S/C21H13Cl2NO2S3/c22-14-5-7-15(8-6-14)27-19-10-9-16(28-19)11-18-20(25)24(21(26)29-18)12-13-3-1-2-4-17(13)23/h1-11H,12H2/b18-11-. The molecule has 0 N–H and O–H groups in total. The van der Waals surface area contributed by atoms with Crippen LogP contribution in [0.5, 0.6) is 0 Å². The van der Waals surface area contributed by atoms with E-state index in [2.05, 4.69) is 0 Å². The fourth-order valence-electron chi connectivity index (χ4n) is 2.65. The molecule has 3 aromatic rings. The number of amides is 2. The summed E-state index contributed by atoms with van der Waals surface area (Å²) >= 11 is 16.2. The van der Waals surface area contributed by atoms with Gasteiger partial charge in [0.05, 0.1) is 15.7 Å². The lowest BCUT2D eigenvalue weighted by molar-refractivity contribution is -0.123. The first-order valence-electron chi connectivity index (χ1n) is 8.51. The van der Waals surface area contributed by atoms with Gasteiger partial charge in [0, 0.05) is 19.8 Å². The molecule has 8 heteroatoms. The largest absolute Gasteiger partial charge is 0.293 e. The molecule has 0 radical (unpaired) electrons. The Kier molecular flexibility index (Phi) is 6.37. The molecule has 1 aromatic heterocycles. The zero-order chi connectivity index (χ0) is 20.4. The van der Waals surface area contributed by atoms with Crippen molar-refractivity contribution in [3.05, 3.63) is 86.1 Å². The maximum absolute atomic E-state index is 12.7. The van der Waals surface area contributed by atoms with Crippen LogP contribution in [0.15, 0.2) is 74.7 Å². The summed E-state index contributed by atoms with van der Waals surface area (Å²) in [5.41, 5.74) is 0.746. The molecule has 2 heterocycles. The van der Waals surface area contributed by atoms with E-state index in [0.29, 0.717) is 15.0 Å². The molecule has 0 aliphatic carbocycles. The molecule has 2 amide bonds. The molecule has 146 valence electrons. The monoisotopic (exact) mass is 477 g/mol. The number of imide groups is 1. The van der Waals surface area contributed by atoms with Crippen LogP contribution < -0.4 is 0 Å². The lowest BCUT2D eigenvalue weighted by Gasteiger charge is -2.13. The van der Waals surface area contributed by atoms with Crippen molar-refractivity contribution >= 4 is 75.3 Å². The van der Waals surface area contributed by atoms with E-state index in [-0.39, 0.29) is 17.7 Å². The minimum Gasteiger partial charge on any atom is -0.268 e. The zero-order valence-electron chi connectivity index (χ0n) is 14.8. The quantitative estimate of drug-likeness (QED) is 0.357. The average molecular weight is 478 g/mol. The molecule has 4 rings (SSSR count). The summed E-state index contributed by atoms with van der Waals surface area (Å²) in [6.07, 6.45) is 1.77. The number of rotatable bonds is 5. The number of thioether (sulfide) groups is 1. The van der Waals surface area contributed by atoms with Crippen LogP contribution in [0.1, 0.15) is 10.4 Å². The van der Waals surface area contributed by atoms with E-state index in [9.17, 15) is 9.59 Å². The number of hydrogen-bond donors (Lipinski definition) is 0. The number of hydrogen-bond acceptors (Lipinski definition) is 5. The number of nitrogens with zero attached hydrogens (tertiary/aromatic N) is 1. The van der Waals surface area contributed by atoms with Gasteiger partial charge in [0.25, 0.3) is 11.1 Å². The second-order valence-corrected chi connectivity index (χ2v) is 10.4. The molecule has 0 unspecified atom stereocenters. The maximum Gasteiger partial charge on any atom is 0.293 e. The van der Waals surface area contributed by atoms with Gasteiger partial charge in [0.2, 0.25) is 0 Å². The Labute approximate surface area is 190 Å². The fourth-order valence-corrected chi connectivity index (χ4v) is 5.94. The molecule has 0 bridgehead atoms. The van der Waals surface area contributed by atoms with Crippen molar-refractivity contribution in [1.29, 1.82) is 0 Å². The third kappa shape index (κ3) is 4.90. The van der Waals surface area contributed by atoms with Gasteiger partial charge in [-0.25, -0.2) is 0 Å². The summed E-state index contributed by atoms with van der Waals surface area (Å²) in [6, 6.07) is 18.8. The topological polar surface area (TPSA) is 37.4 Å². The smallest absolute Gasteiger partial charge is 0.268 e. The molecule has 1 saturated heterocycles. The van der Waals surface area contributed by atoms with Gasteiger partial charge >= 0.3 is 0 Å². The lowest BCUT2D eigenvalue weighted by Crippen LogP contribution is -2.27. The fraction of sp³-hybridized carbons (Fsp3) is 0.0476. The molecule has 1 aliphatic rings. The molecule has 0 saturated carbocycles. The van der Waals surface area contributed by atoms with Gasteiger partial charge in [-0.15, -0.1) is 11.3 Å². The van der Waals surface area contributed by atoms with E-state index in [0.717, 1.165) is 31.3 Å². The normalized spacial score (nSPS) is 15.5. The van der Waals surface area contributed by atoms with Crippen molar-refractivity contribution in [3.8, 4) is 0 Å². The van der Waals surface area contributed by atoms with Crippen molar-refractivity contribution in [2.45, 2.75) is 15.6 Å². The van der Waals surface area contributed by atoms with Crippen LogP contribution in [0.2, 0.25) is 10.0 Å². The molecular formula is C21H13Cl2NO2S3. The van der Waals surface area contributed by atoms with Gasteiger partial charge in [0.1, 0.15) is 0 Å². The highest BCUT2D eigenvalue weighted by Crippen LogP contribution is 2.38. The van der Waals surface area contributed by atoms with Crippen LogP contribution in [0.3, 0.4) is 0 Å². The van der Waals surface area contributed by atoms with Crippen LogP contribution in [0.25, 0.3) is 6.08 Å². The predicted molar refractivity (Wildman–Crippen MR) is 123 cm³/mol. The second-order valence-electron chi connectivity index (χ2n) is 6.07. The molecule has 0 spiro atoms. The van der Waals surface area contributed by atoms with Crippen LogP contribution >= 0.6 is 58.1 Å². The van der Waals surface area contributed by atoms with Gasteiger partial charge < -0.3 is 0 Å². The van der Waals surface area contributed by atoms with E-state index < -0.39 is 0 Å². The first kappa shape index (κ1) is 20.6. The Hall–Kier alpha value is -1.70. The zero-order valence-corrected chi connectivity index (χ0v) is 18.8. The highest BCUT2D eigenvalue weighted by molar-refractivity contribution is 8.18. The summed E-state index contributed by atoms with van der Waals surface area (Å²) in [6.45, 7) is 0.170. The maximum atomic E-state index is 12.7. The Balaban J connectivity index is 1.48. The van der Waals surface area contributed by atoms with Gasteiger partial charge in [-0.2, -0.15) is 0 Å². The molecule has 1 fully saturated rings. The lowest BCUT2D eigenvalue weighted by atomic mass is 10.2. The number of carbonyl (C=O) groups is 2. The summed E-state index contributed by atoms with van der Waals surface area (Å²) in [5.74, 6) is -0.291. The minimum absolute atomic E-state index is 0.170. The number of thiophene rings is 1. The number of carbonyl (C=O) groups excluding carboxylic acids is 2. The first-order chi connectivity index (χ1) is 14.0. The Morgan fingerprint density at radius 1 is 0.966 bits per heavy atom. The third-order valence-corrected chi connectivity index (χ3v) is 7.77. The average Bonchev–Trinajstić information content (AvgIpc) is 3.25. The van der Waals surface area contributed by atoms with Gasteiger partial charge in [-0.05, 0) is 65.9 Å². The van der Waals surface area contributed by atoms with E-state index >= 15 is 0 Å². The van der Waals surface area contributed by atoms with E-state index in [1.165, 1.54) is 4.90 Å². The van der Waals surface area contributed by atoms with Gasteiger partial charge in [0.15, 0.2) is 0 Å². The van der Waals surface area contributed by atoms with Crippen molar-refractivity contribution in [2.24, 2.45) is 0 Å². The Morgan fingerprint density at radius 3 is 2.48 bits per heavy atom. The molecule has 0 atom stereocenters. The minimum atomic E-state index is -0.291. The van der Waals surface area contributed by atoms with Crippen molar-refractivity contribution < 1.29 is 9.59 Å². The Bertz CT molecular complexity index is 1110.